The van der Waals surface area contributed by atoms with Crippen molar-refractivity contribution >= 4 is 21.8 Å². The van der Waals surface area contributed by atoms with E-state index in [2.05, 4.69) is 15.9 Å². The first-order valence-electron chi connectivity index (χ1n) is 5.87. The van der Waals surface area contributed by atoms with E-state index in [-0.39, 0.29) is 16.4 Å². The first-order valence-corrected chi connectivity index (χ1v) is 6.66. The number of carbonyl (C=O) groups is 1. The Morgan fingerprint density at radius 3 is 2.12 bits per heavy atom. The fourth-order valence-corrected chi connectivity index (χ4v) is 5.22. The number of rotatable bonds is 0. The first kappa shape index (κ1) is 11.8. The molecule has 0 aromatic heterocycles. The minimum atomic E-state index is -4.73. The Kier molecular flexibility index (Phi) is 2.36. The summed E-state index contributed by atoms with van der Waals surface area (Å²) in [5.74, 6) is -1.15. The van der Waals surface area contributed by atoms with Crippen molar-refractivity contribution in [1.82, 2.24) is 4.90 Å². The van der Waals surface area contributed by atoms with E-state index in [1.807, 2.05) is 0 Å². The van der Waals surface area contributed by atoms with Crippen molar-refractivity contribution in [3.63, 3.8) is 0 Å². The summed E-state index contributed by atoms with van der Waals surface area (Å²) in [5.41, 5.74) is 0. The maximum Gasteiger partial charge on any atom is 0.471 e. The molecule has 96 valence electrons. The molecule has 4 bridgehead atoms. The highest BCUT2D eigenvalue weighted by atomic mass is 79.9. The Morgan fingerprint density at radius 1 is 1.18 bits per heavy atom. The molecule has 2 heterocycles. The zero-order valence-electron chi connectivity index (χ0n) is 9.13. The average Bonchev–Trinajstić information content (AvgIpc) is 2.11. The van der Waals surface area contributed by atoms with Crippen molar-refractivity contribution in [2.24, 2.45) is 5.92 Å². The van der Waals surface area contributed by atoms with Crippen molar-refractivity contribution < 1.29 is 18.0 Å². The summed E-state index contributed by atoms with van der Waals surface area (Å²) >= 11 is 3.67. The van der Waals surface area contributed by atoms with Gasteiger partial charge in [0.15, 0.2) is 0 Å². The molecule has 0 aromatic rings. The third kappa shape index (κ3) is 1.79. The van der Waals surface area contributed by atoms with Crippen LogP contribution in [0.5, 0.6) is 0 Å². The van der Waals surface area contributed by atoms with Gasteiger partial charge in [-0.15, -0.1) is 0 Å². The molecule has 4 fully saturated rings. The molecular formula is C11H13BrF3NO. The van der Waals surface area contributed by atoms with Crippen LogP contribution in [0.4, 0.5) is 13.2 Å². The van der Waals surface area contributed by atoms with Gasteiger partial charge in [0.25, 0.3) is 0 Å². The molecule has 1 amide bonds. The second-order valence-corrected chi connectivity index (χ2v) is 7.30. The highest BCUT2D eigenvalue weighted by molar-refractivity contribution is 9.10. The quantitative estimate of drug-likeness (QED) is 0.630. The summed E-state index contributed by atoms with van der Waals surface area (Å²) in [5, 5.41) is 0. The maximum absolute atomic E-state index is 12.5. The number of nitrogens with zero attached hydrogens (tertiary/aromatic N) is 1. The Labute approximate surface area is 106 Å². The van der Waals surface area contributed by atoms with Crippen molar-refractivity contribution in [3.05, 3.63) is 0 Å². The Hall–Kier alpha value is -0.260. The molecule has 0 spiro atoms. The summed E-state index contributed by atoms with van der Waals surface area (Å²) < 4.78 is 37.6. The van der Waals surface area contributed by atoms with E-state index in [0.717, 1.165) is 24.2 Å². The summed E-state index contributed by atoms with van der Waals surface area (Å²) in [7, 11) is 0. The van der Waals surface area contributed by atoms with Gasteiger partial charge in [-0.25, -0.2) is 0 Å². The zero-order valence-corrected chi connectivity index (χ0v) is 10.7. The van der Waals surface area contributed by atoms with Gasteiger partial charge in [0.1, 0.15) is 0 Å². The van der Waals surface area contributed by atoms with Crippen LogP contribution >= 0.6 is 15.9 Å². The molecule has 17 heavy (non-hydrogen) atoms. The molecule has 4 aliphatic rings. The van der Waals surface area contributed by atoms with Gasteiger partial charge in [-0.05, 0) is 38.0 Å². The van der Waals surface area contributed by atoms with E-state index in [0.29, 0.717) is 18.8 Å². The van der Waals surface area contributed by atoms with Crippen LogP contribution in [0.15, 0.2) is 0 Å². The summed E-state index contributed by atoms with van der Waals surface area (Å²) in [6, 6.07) is -0.426. The van der Waals surface area contributed by atoms with Crippen molar-refractivity contribution in [2.45, 2.75) is 54.7 Å². The van der Waals surface area contributed by atoms with Gasteiger partial charge in [0.2, 0.25) is 0 Å². The van der Waals surface area contributed by atoms with Crippen molar-refractivity contribution in [1.29, 1.82) is 0 Å². The van der Waals surface area contributed by atoms with E-state index in [1.165, 1.54) is 0 Å². The lowest BCUT2D eigenvalue weighted by atomic mass is 9.63. The third-order valence-electron chi connectivity index (χ3n) is 4.33. The number of piperidine rings is 2. The van der Waals surface area contributed by atoms with Crippen LogP contribution < -0.4 is 0 Å². The number of alkyl halides is 4. The monoisotopic (exact) mass is 311 g/mol. The fourth-order valence-electron chi connectivity index (χ4n) is 4.01. The zero-order chi connectivity index (χ0) is 12.4. The SMILES string of the molecule is O=C(N1C2CC3CC1CC(Br)(C3)C2)C(F)(F)F. The highest BCUT2D eigenvalue weighted by Crippen LogP contribution is 2.55. The highest BCUT2D eigenvalue weighted by Gasteiger charge is 2.58. The number of carbonyl (C=O) groups excluding carboxylic acids is 1. The van der Waals surface area contributed by atoms with Crippen molar-refractivity contribution in [2.75, 3.05) is 0 Å². The van der Waals surface area contributed by atoms with Gasteiger partial charge in [-0.2, -0.15) is 13.2 Å². The molecule has 2 aliphatic heterocycles. The topological polar surface area (TPSA) is 20.3 Å². The Balaban J connectivity index is 1.87. The van der Waals surface area contributed by atoms with Gasteiger partial charge in [0, 0.05) is 16.4 Å². The number of hydrogen-bond donors (Lipinski definition) is 0. The van der Waals surface area contributed by atoms with Gasteiger partial charge >= 0.3 is 12.1 Å². The average molecular weight is 312 g/mol. The summed E-state index contributed by atoms with van der Waals surface area (Å²) in [4.78, 5) is 12.6. The predicted octanol–water partition coefficient (Wildman–Crippen LogP) is 2.86. The Bertz CT molecular complexity index is 354. The van der Waals surface area contributed by atoms with Crippen LogP contribution in [0.1, 0.15) is 32.1 Å². The van der Waals surface area contributed by atoms with Gasteiger partial charge in [-0.3, -0.25) is 4.79 Å². The molecule has 6 heteroatoms. The molecular weight excluding hydrogens is 299 g/mol. The molecule has 0 aromatic carbocycles. The van der Waals surface area contributed by atoms with Crippen LogP contribution in [-0.4, -0.2) is 33.4 Å². The molecule has 0 radical (unpaired) electrons. The van der Waals surface area contributed by atoms with E-state index < -0.39 is 12.1 Å². The smallest absolute Gasteiger partial charge is 0.329 e. The molecule has 0 N–H and O–H groups in total. The van der Waals surface area contributed by atoms with E-state index >= 15 is 0 Å². The Morgan fingerprint density at radius 2 is 1.71 bits per heavy atom. The van der Waals surface area contributed by atoms with E-state index in [9.17, 15) is 18.0 Å². The molecule has 4 rings (SSSR count). The second kappa shape index (κ2) is 3.39. The van der Waals surface area contributed by atoms with Gasteiger partial charge in [0.05, 0.1) is 0 Å². The van der Waals surface area contributed by atoms with E-state index in [1.54, 1.807) is 0 Å². The third-order valence-corrected chi connectivity index (χ3v) is 5.30. The minimum Gasteiger partial charge on any atom is -0.329 e. The van der Waals surface area contributed by atoms with Gasteiger partial charge in [-0.1, -0.05) is 15.9 Å². The molecule has 2 atom stereocenters. The molecule has 2 unspecified atom stereocenters. The van der Waals surface area contributed by atoms with Crippen molar-refractivity contribution in [3.8, 4) is 0 Å². The lowest BCUT2D eigenvalue weighted by Crippen LogP contribution is -2.65. The standard InChI is InChI=1S/C11H13BrF3NO/c12-10-3-6-1-7(4-10)16(8(2-6)5-10)9(17)11(13,14)15/h6-8H,1-5H2. The number of halogens is 4. The molecule has 2 saturated carbocycles. The minimum absolute atomic E-state index is 0.00806. The second-order valence-electron chi connectivity index (χ2n) is 5.62. The van der Waals surface area contributed by atoms with Crippen LogP contribution in [0.2, 0.25) is 0 Å². The normalized spacial score (nSPS) is 44.2. The lowest BCUT2D eigenvalue weighted by Gasteiger charge is -2.59. The maximum atomic E-state index is 12.5. The molecule has 2 saturated heterocycles. The number of hydrogen-bond acceptors (Lipinski definition) is 1. The van der Waals surface area contributed by atoms with Gasteiger partial charge < -0.3 is 4.90 Å². The lowest BCUT2D eigenvalue weighted by molar-refractivity contribution is -0.199. The first-order chi connectivity index (χ1) is 7.78. The van der Waals surface area contributed by atoms with Crippen LogP contribution in [0.3, 0.4) is 0 Å². The summed E-state index contributed by atoms with van der Waals surface area (Å²) in [6.45, 7) is 0. The largest absolute Gasteiger partial charge is 0.471 e. The molecule has 2 aliphatic carbocycles. The fraction of sp³-hybridized carbons (Fsp3) is 0.909. The summed E-state index contributed by atoms with van der Waals surface area (Å²) in [6.07, 6.45) is -0.857. The van der Waals surface area contributed by atoms with Crippen LogP contribution in [-0.2, 0) is 4.79 Å². The predicted molar refractivity (Wildman–Crippen MR) is 58.7 cm³/mol. The number of amides is 1. The molecule has 2 nitrogen and oxygen atoms in total. The van der Waals surface area contributed by atoms with Crippen LogP contribution in [0.25, 0.3) is 0 Å². The van der Waals surface area contributed by atoms with Crippen LogP contribution in [0, 0.1) is 5.92 Å². The van der Waals surface area contributed by atoms with E-state index in [4.69, 9.17) is 0 Å².